The molecule has 1 rings (SSSR count). The third kappa shape index (κ3) is 4.73. The predicted molar refractivity (Wildman–Crippen MR) is 72.0 cm³/mol. The Labute approximate surface area is 104 Å². The quantitative estimate of drug-likeness (QED) is 0.785. The molecule has 0 spiro atoms. The third-order valence-corrected chi connectivity index (χ3v) is 2.92. The van der Waals surface area contributed by atoms with Crippen molar-refractivity contribution in [2.24, 2.45) is 0 Å². The number of nitrogens with one attached hydrogen (secondary N) is 1. The lowest BCUT2D eigenvalue weighted by atomic mass is 10.2. The van der Waals surface area contributed by atoms with E-state index in [-0.39, 0.29) is 5.82 Å². The molecular formula is C14H23FN2. The van der Waals surface area contributed by atoms with Gasteiger partial charge in [-0.05, 0) is 37.6 Å². The number of hydrogen-bond donors (Lipinski definition) is 1. The maximum atomic E-state index is 13.1. The van der Waals surface area contributed by atoms with Gasteiger partial charge in [-0.15, -0.1) is 0 Å². The lowest BCUT2D eigenvalue weighted by Crippen LogP contribution is -2.39. The van der Waals surface area contributed by atoms with Crippen molar-refractivity contribution in [2.45, 2.75) is 32.7 Å². The second-order valence-corrected chi connectivity index (χ2v) is 4.42. The summed E-state index contributed by atoms with van der Waals surface area (Å²) in [6, 6.07) is 7.21. The lowest BCUT2D eigenvalue weighted by Gasteiger charge is -2.26. The molecule has 1 N–H and O–H groups in total. The maximum Gasteiger partial charge on any atom is 0.125 e. The summed E-state index contributed by atoms with van der Waals surface area (Å²) in [6.07, 6.45) is 2.22. The van der Waals surface area contributed by atoms with Gasteiger partial charge in [0.05, 0.1) is 0 Å². The average Bonchev–Trinajstić information content (AvgIpc) is 2.34. The van der Waals surface area contributed by atoms with Crippen LogP contribution in [0.1, 0.15) is 26.7 Å². The molecule has 0 radical (unpaired) electrons. The van der Waals surface area contributed by atoms with Gasteiger partial charge in [0.2, 0.25) is 0 Å². The first-order valence-electron chi connectivity index (χ1n) is 6.37. The largest absolute Gasteiger partial charge is 0.373 e. The van der Waals surface area contributed by atoms with E-state index < -0.39 is 0 Å². The summed E-state index contributed by atoms with van der Waals surface area (Å²) in [5, 5.41) is 3.50. The van der Waals surface area contributed by atoms with E-state index in [0.717, 1.165) is 31.6 Å². The van der Waals surface area contributed by atoms with Gasteiger partial charge >= 0.3 is 0 Å². The Hall–Kier alpha value is -1.09. The van der Waals surface area contributed by atoms with E-state index in [1.807, 2.05) is 13.1 Å². The molecule has 0 saturated heterocycles. The zero-order valence-corrected chi connectivity index (χ0v) is 11.0. The van der Waals surface area contributed by atoms with Crippen LogP contribution in [0, 0.1) is 5.82 Å². The third-order valence-electron chi connectivity index (χ3n) is 2.92. The fraction of sp³-hybridized carbons (Fsp3) is 0.571. The highest BCUT2D eigenvalue weighted by atomic mass is 19.1. The molecule has 0 heterocycles. The fourth-order valence-corrected chi connectivity index (χ4v) is 1.84. The van der Waals surface area contributed by atoms with E-state index in [9.17, 15) is 4.39 Å². The van der Waals surface area contributed by atoms with Crippen LogP contribution in [0.3, 0.4) is 0 Å². The molecule has 0 aliphatic heterocycles. The van der Waals surface area contributed by atoms with Gasteiger partial charge < -0.3 is 10.2 Å². The Morgan fingerprint density at radius 2 is 2.12 bits per heavy atom. The van der Waals surface area contributed by atoms with Gasteiger partial charge in [0.1, 0.15) is 5.82 Å². The molecule has 0 aliphatic carbocycles. The van der Waals surface area contributed by atoms with E-state index in [1.165, 1.54) is 6.07 Å². The molecule has 0 bridgehead atoms. The Morgan fingerprint density at radius 3 is 2.71 bits per heavy atom. The van der Waals surface area contributed by atoms with Crippen molar-refractivity contribution in [1.29, 1.82) is 0 Å². The van der Waals surface area contributed by atoms with Crippen LogP contribution >= 0.6 is 0 Å². The molecule has 0 aliphatic rings. The molecule has 2 nitrogen and oxygen atoms in total. The number of likely N-dealkylation sites (N-methyl/N-ethyl adjacent to an activating group) is 1. The van der Waals surface area contributed by atoms with Gasteiger partial charge in [-0.3, -0.25) is 0 Å². The van der Waals surface area contributed by atoms with Gasteiger partial charge in [-0.25, -0.2) is 4.39 Å². The summed E-state index contributed by atoms with van der Waals surface area (Å²) in [5.41, 5.74) is 0.932. The van der Waals surface area contributed by atoms with E-state index in [0.29, 0.717) is 6.04 Å². The zero-order valence-electron chi connectivity index (χ0n) is 11.0. The number of nitrogens with zero attached hydrogens (tertiary/aromatic N) is 1. The molecule has 96 valence electrons. The highest BCUT2D eigenvalue weighted by molar-refractivity contribution is 5.45. The standard InChI is InChI=1S/C14H23FN2/c1-4-9-16-13(5-2)11-17(3)14-8-6-7-12(15)10-14/h6-8,10,13,16H,4-5,9,11H2,1-3H3. The topological polar surface area (TPSA) is 15.3 Å². The van der Waals surface area contributed by atoms with Crippen molar-refractivity contribution in [3.63, 3.8) is 0 Å². The van der Waals surface area contributed by atoms with E-state index in [4.69, 9.17) is 0 Å². The van der Waals surface area contributed by atoms with Gasteiger partial charge in [0.25, 0.3) is 0 Å². The molecule has 17 heavy (non-hydrogen) atoms. The smallest absolute Gasteiger partial charge is 0.125 e. The van der Waals surface area contributed by atoms with Gasteiger partial charge in [-0.2, -0.15) is 0 Å². The van der Waals surface area contributed by atoms with Crippen molar-refractivity contribution in [3.05, 3.63) is 30.1 Å². The molecule has 3 heteroatoms. The molecule has 1 aromatic rings. The van der Waals surface area contributed by atoms with Gasteiger partial charge in [-0.1, -0.05) is 19.9 Å². The van der Waals surface area contributed by atoms with Crippen LogP contribution < -0.4 is 10.2 Å². The van der Waals surface area contributed by atoms with E-state index >= 15 is 0 Å². The predicted octanol–water partition coefficient (Wildman–Crippen LogP) is 3.04. The highest BCUT2D eigenvalue weighted by Gasteiger charge is 2.09. The minimum Gasteiger partial charge on any atom is -0.373 e. The van der Waals surface area contributed by atoms with Crippen LogP contribution in [-0.4, -0.2) is 26.2 Å². The van der Waals surface area contributed by atoms with Gasteiger partial charge in [0, 0.05) is 25.3 Å². The maximum absolute atomic E-state index is 13.1. The second kappa shape index (κ2) is 7.28. The molecule has 0 saturated carbocycles. The first kappa shape index (κ1) is 14.0. The van der Waals surface area contributed by atoms with Gasteiger partial charge in [0.15, 0.2) is 0 Å². The molecule has 1 aromatic carbocycles. The molecule has 0 amide bonds. The molecule has 1 atom stereocenters. The lowest BCUT2D eigenvalue weighted by molar-refractivity contribution is 0.497. The summed E-state index contributed by atoms with van der Waals surface area (Å²) in [5.74, 6) is -0.177. The van der Waals surface area contributed by atoms with Crippen LogP contribution in [0.25, 0.3) is 0 Å². The number of rotatable bonds is 7. The highest BCUT2D eigenvalue weighted by Crippen LogP contribution is 2.14. The number of halogens is 1. The van der Waals surface area contributed by atoms with E-state index in [1.54, 1.807) is 12.1 Å². The summed E-state index contributed by atoms with van der Waals surface area (Å²) < 4.78 is 13.1. The first-order chi connectivity index (χ1) is 8.17. The SMILES string of the molecule is CCCNC(CC)CN(C)c1cccc(F)c1. The second-order valence-electron chi connectivity index (χ2n) is 4.42. The number of hydrogen-bond acceptors (Lipinski definition) is 2. The van der Waals surface area contributed by atoms with Crippen LogP contribution in [0.15, 0.2) is 24.3 Å². The minimum atomic E-state index is -0.177. The van der Waals surface area contributed by atoms with Crippen molar-refractivity contribution >= 4 is 5.69 Å². The van der Waals surface area contributed by atoms with E-state index in [2.05, 4.69) is 24.1 Å². The van der Waals surface area contributed by atoms with Crippen LogP contribution in [0.5, 0.6) is 0 Å². The van der Waals surface area contributed by atoms with Crippen LogP contribution in [-0.2, 0) is 0 Å². The normalized spacial score (nSPS) is 12.5. The fourth-order valence-electron chi connectivity index (χ4n) is 1.84. The minimum absolute atomic E-state index is 0.177. The first-order valence-corrected chi connectivity index (χ1v) is 6.37. The summed E-state index contributed by atoms with van der Waals surface area (Å²) in [6.45, 7) is 6.28. The van der Waals surface area contributed by atoms with Crippen LogP contribution in [0.2, 0.25) is 0 Å². The molecule has 1 unspecified atom stereocenters. The Bertz CT molecular complexity index is 328. The number of anilines is 1. The van der Waals surface area contributed by atoms with Crippen LogP contribution in [0.4, 0.5) is 10.1 Å². The monoisotopic (exact) mass is 238 g/mol. The molecule has 0 fully saturated rings. The van der Waals surface area contributed by atoms with Crippen molar-refractivity contribution in [3.8, 4) is 0 Å². The average molecular weight is 238 g/mol. The Kier molecular flexibility index (Phi) is 5.98. The summed E-state index contributed by atoms with van der Waals surface area (Å²) in [4.78, 5) is 2.10. The van der Waals surface area contributed by atoms with Crippen molar-refractivity contribution in [1.82, 2.24) is 5.32 Å². The summed E-state index contributed by atoms with van der Waals surface area (Å²) >= 11 is 0. The number of benzene rings is 1. The molecular weight excluding hydrogens is 215 g/mol. The zero-order chi connectivity index (χ0) is 12.7. The summed E-state index contributed by atoms with van der Waals surface area (Å²) in [7, 11) is 2.01. The van der Waals surface area contributed by atoms with Crippen molar-refractivity contribution in [2.75, 3.05) is 25.0 Å². The van der Waals surface area contributed by atoms with Crippen molar-refractivity contribution < 1.29 is 4.39 Å². The Balaban J connectivity index is 2.54. The molecule has 0 aromatic heterocycles. The Morgan fingerprint density at radius 1 is 1.35 bits per heavy atom.